The average molecular weight is 896 g/mol. The van der Waals surface area contributed by atoms with Crippen molar-refractivity contribution in [1.29, 1.82) is 0 Å². The molecule has 2 aliphatic heterocycles. The summed E-state index contributed by atoms with van der Waals surface area (Å²) in [6.45, 7) is 28.1. The van der Waals surface area contributed by atoms with Gasteiger partial charge in [0.05, 0.1) is 5.69 Å². The number of nitrogens with zero attached hydrogens (tertiary/aromatic N) is 4. The van der Waals surface area contributed by atoms with Crippen LogP contribution in [0.1, 0.15) is 156 Å². The third kappa shape index (κ3) is 23.3. The molecule has 362 valence electrons. The van der Waals surface area contributed by atoms with Crippen molar-refractivity contribution in [2.45, 2.75) is 154 Å². The molecule has 4 heteroatoms. The fraction of sp³-hybridized carbons (Fsp3) is 0.452. The van der Waals surface area contributed by atoms with Gasteiger partial charge in [0.1, 0.15) is 19.8 Å². The lowest BCUT2D eigenvalue weighted by atomic mass is 10.1. The molecule has 0 fully saturated rings. The van der Waals surface area contributed by atoms with Crippen molar-refractivity contribution in [3.8, 4) is 0 Å². The number of hydrogen-bond acceptors (Lipinski definition) is 2. The lowest BCUT2D eigenvalue weighted by Crippen LogP contribution is -2.10. The summed E-state index contributed by atoms with van der Waals surface area (Å²) < 4.78 is 4.26. The van der Waals surface area contributed by atoms with E-state index in [4.69, 9.17) is 0 Å². The summed E-state index contributed by atoms with van der Waals surface area (Å²) >= 11 is 0. The molecule has 0 atom stereocenters. The standard InChI is InChI=1S/C9H9N.C9H10.C9H8.C8H7N.C7H12.C6H11N.C6H14N.4C2H6/c1-10-7-6-8-4-2-3-5-9(8)10;2*1-2-5-9-7-3-6-8(9)4-1;1-2-4-8-7(3-1)5-6-9-8;2*1-6-4-3-5-7(6)2;1-5-6(2)7(3)4;4*1-2/h2-7H,1H3;1-2,4-5H,3,6-7H2;1-6H,7H2;1-4,6H,5H2;3-5H2,1-2H3;4H,3,5H2,1-2H3;5H2,1-4H3;4*1-2H3/q;;;;;;+1;;;;. The van der Waals surface area contributed by atoms with Crippen LogP contribution in [0.4, 0.5) is 5.69 Å². The third-order valence-electron chi connectivity index (χ3n) is 11.6. The van der Waals surface area contributed by atoms with Gasteiger partial charge in [-0.25, -0.2) is 4.58 Å². The molecule has 4 aromatic carbocycles. The van der Waals surface area contributed by atoms with Gasteiger partial charge >= 0.3 is 0 Å². The smallest absolute Gasteiger partial charge is 0.148 e. The summed E-state index contributed by atoms with van der Waals surface area (Å²) in [6, 6.07) is 35.9. The van der Waals surface area contributed by atoms with E-state index in [0.717, 1.165) is 24.9 Å². The molecule has 0 N–H and O–H groups in total. The Balaban J connectivity index is 0.000000731. The third-order valence-corrected chi connectivity index (χ3v) is 11.6. The molecule has 0 saturated carbocycles. The number of aryl methyl sites for hydroxylation is 3. The summed E-state index contributed by atoms with van der Waals surface area (Å²) in [5.74, 6) is 0. The molecule has 3 aliphatic carbocycles. The molecule has 66 heavy (non-hydrogen) atoms. The Morgan fingerprint density at radius 3 is 1.56 bits per heavy atom. The predicted octanol–water partition coefficient (Wildman–Crippen LogP) is 17.5. The van der Waals surface area contributed by atoms with Crippen molar-refractivity contribution >= 4 is 34.6 Å². The maximum absolute atomic E-state index is 4.17. The SMILES string of the molecule is C1=Cc2ccccc2C1.C1=Nc2ccccc2C1.CC.CC.CC.CC.CC1=C(C)CCC1.CC1=CCCN1C.CCC(C)=[N+](C)C.Cn1ccc2ccccc21.c1ccc2c(c1)CCC2. The Morgan fingerprint density at radius 2 is 1.12 bits per heavy atom. The first-order valence-corrected chi connectivity index (χ1v) is 25.5. The molecule has 0 saturated heterocycles. The van der Waals surface area contributed by atoms with Crippen LogP contribution in [0.5, 0.6) is 0 Å². The molecule has 3 heterocycles. The van der Waals surface area contributed by atoms with Crippen molar-refractivity contribution < 1.29 is 4.58 Å². The van der Waals surface area contributed by atoms with E-state index in [1.807, 2.05) is 79.8 Å². The van der Waals surface area contributed by atoms with Crippen molar-refractivity contribution in [1.82, 2.24) is 9.47 Å². The summed E-state index contributed by atoms with van der Waals surface area (Å²) in [7, 11) is 8.32. The van der Waals surface area contributed by atoms with Gasteiger partial charge in [-0.1, -0.05) is 177 Å². The average Bonchev–Trinajstić information content (AvgIpc) is 4.27. The fourth-order valence-electron chi connectivity index (χ4n) is 7.14. The largest absolute Gasteiger partial charge is 0.378 e. The second kappa shape index (κ2) is 37.9. The minimum absolute atomic E-state index is 1.01. The van der Waals surface area contributed by atoms with Gasteiger partial charge in [-0.3, -0.25) is 4.99 Å². The molecule has 10 rings (SSSR count). The fourth-order valence-corrected chi connectivity index (χ4v) is 7.14. The Hall–Kier alpha value is -5.22. The predicted molar refractivity (Wildman–Crippen MR) is 301 cm³/mol. The number of benzene rings is 4. The highest BCUT2D eigenvalue weighted by atomic mass is 15.1. The lowest BCUT2D eigenvalue weighted by molar-refractivity contribution is -0.466. The van der Waals surface area contributed by atoms with E-state index in [2.05, 4.69) is 191 Å². The van der Waals surface area contributed by atoms with Crippen LogP contribution in [0.2, 0.25) is 0 Å². The number of allylic oxidation sites excluding steroid dienone is 4. The molecule has 0 amide bonds. The van der Waals surface area contributed by atoms with Crippen LogP contribution in [-0.4, -0.2) is 53.7 Å². The van der Waals surface area contributed by atoms with E-state index < -0.39 is 0 Å². The number of aliphatic imine (C=N–C) groups is 1. The van der Waals surface area contributed by atoms with Crippen molar-refractivity contribution in [2.75, 3.05) is 27.7 Å². The van der Waals surface area contributed by atoms with Gasteiger partial charge in [-0.2, -0.15) is 0 Å². The Morgan fingerprint density at radius 1 is 0.606 bits per heavy atom. The van der Waals surface area contributed by atoms with Gasteiger partial charge in [-0.15, -0.1) is 0 Å². The van der Waals surface area contributed by atoms with Crippen LogP contribution in [0.15, 0.2) is 143 Å². The summed E-state index contributed by atoms with van der Waals surface area (Å²) in [4.78, 5) is 6.44. The van der Waals surface area contributed by atoms with E-state index in [1.54, 1.807) is 22.3 Å². The Labute approximate surface area is 407 Å². The molecular weight excluding hydrogens is 801 g/mol. The first kappa shape index (κ1) is 60.8. The Kier molecular flexibility index (Phi) is 34.9. The van der Waals surface area contributed by atoms with Gasteiger partial charge in [0.15, 0.2) is 0 Å². The van der Waals surface area contributed by atoms with Crippen LogP contribution in [0.25, 0.3) is 17.0 Å². The Bertz CT molecular complexity index is 2070. The zero-order valence-electron chi connectivity index (χ0n) is 45.3. The second-order valence-corrected chi connectivity index (χ2v) is 16.0. The summed E-state index contributed by atoms with van der Waals surface area (Å²) in [5, 5.41) is 1.31. The maximum Gasteiger partial charge on any atom is 0.148 e. The van der Waals surface area contributed by atoms with Crippen LogP contribution in [0.3, 0.4) is 0 Å². The van der Waals surface area contributed by atoms with Crippen molar-refractivity contribution in [3.63, 3.8) is 0 Å². The molecule has 0 bridgehead atoms. The van der Waals surface area contributed by atoms with Crippen LogP contribution >= 0.6 is 0 Å². The molecular formula is C62H95N4+. The first-order valence-electron chi connectivity index (χ1n) is 25.5. The van der Waals surface area contributed by atoms with Gasteiger partial charge in [-0.05, 0) is 124 Å². The highest BCUT2D eigenvalue weighted by Gasteiger charge is 2.08. The van der Waals surface area contributed by atoms with Gasteiger partial charge in [0.25, 0.3) is 0 Å². The summed E-state index contributed by atoms with van der Waals surface area (Å²) in [5.41, 5.74) is 15.8. The van der Waals surface area contributed by atoms with Crippen LogP contribution < -0.4 is 0 Å². The lowest BCUT2D eigenvalue weighted by Gasteiger charge is -2.10. The zero-order chi connectivity index (χ0) is 49.7. The number of hydrogen-bond donors (Lipinski definition) is 0. The van der Waals surface area contributed by atoms with E-state index in [0.29, 0.717) is 0 Å². The minimum atomic E-state index is 1.01. The number of fused-ring (bicyclic) bond motifs is 4. The maximum atomic E-state index is 4.17. The van der Waals surface area contributed by atoms with Gasteiger partial charge in [0.2, 0.25) is 0 Å². The second-order valence-electron chi connectivity index (χ2n) is 16.0. The van der Waals surface area contributed by atoms with E-state index in [-0.39, 0.29) is 0 Å². The van der Waals surface area contributed by atoms with E-state index in [1.165, 1.54) is 90.5 Å². The van der Waals surface area contributed by atoms with Crippen LogP contribution in [-0.2, 0) is 32.7 Å². The number of para-hydroxylation sites is 2. The molecule has 5 aliphatic rings. The summed E-state index contributed by atoms with van der Waals surface area (Å²) in [6.07, 6.45) is 23.3. The van der Waals surface area contributed by atoms with E-state index >= 15 is 0 Å². The number of aromatic nitrogens is 1. The van der Waals surface area contributed by atoms with E-state index in [9.17, 15) is 0 Å². The topological polar surface area (TPSA) is 23.5 Å². The van der Waals surface area contributed by atoms with Crippen LogP contribution in [0, 0.1) is 0 Å². The molecule has 4 nitrogen and oxygen atoms in total. The quantitative estimate of drug-likeness (QED) is 0.0934. The van der Waals surface area contributed by atoms with Gasteiger partial charge < -0.3 is 9.47 Å². The molecule has 1 aromatic heterocycles. The van der Waals surface area contributed by atoms with Crippen molar-refractivity contribution in [2.24, 2.45) is 12.0 Å². The molecule has 5 aromatic rings. The number of rotatable bonds is 1. The monoisotopic (exact) mass is 896 g/mol. The highest BCUT2D eigenvalue weighted by molar-refractivity contribution is 5.79. The zero-order valence-corrected chi connectivity index (χ0v) is 45.3. The first-order chi connectivity index (χ1) is 32.1. The normalized spacial score (nSPS) is 13.2. The van der Waals surface area contributed by atoms with Gasteiger partial charge in [0, 0.05) is 64.0 Å². The molecule has 0 radical (unpaired) electrons. The molecule has 0 unspecified atom stereocenters. The minimum Gasteiger partial charge on any atom is -0.378 e. The highest BCUT2D eigenvalue weighted by Crippen LogP contribution is 2.24. The molecule has 0 spiro atoms. The van der Waals surface area contributed by atoms with Crippen molar-refractivity contribution in [3.05, 3.63) is 166 Å².